The molecule has 0 spiro atoms. The summed E-state index contributed by atoms with van der Waals surface area (Å²) >= 11 is 5.97. The summed E-state index contributed by atoms with van der Waals surface area (Å²) in [7, 11) is 1.61. The van der Waals surface area contributed by atoms with Gasteiger partial charge in [0.15, 0.2) is 0 Å². The first kappa shape index (κ1) is 11.3. The first-order valence-electron chi connectivity index (χ1n) is 5.28. The number of alkyl halides is 1. The molecule has 1 fully saturated rings. The molecule has 2 rings (SSSR count). The lowest BCUT2D eigenvalue weighted by Gasteiger charge is -2.15. The molecule has 1 saturated heterocycles. The van der Waals surface area contributed by atoms with Crippen molar-refractivity contribution in [2.45, 2.75) is 11.8 Å². The summed E-state index contributed by atoms with van der Waals surface area (Å²) in [6.07, 6.45) is 0.878. The van der Waals surface area contributed by atoms with Crippen LogP contribution in [0.1, 0.15) is 16.8 Å². The minimum Gasteiger partial charge on any atom is -0.497 e. The zero-order valence-electron chi connectivity index (χ0n) is 9.15. The number of halogens is 1. The van der Waals surface area contributed by atoms with Gasteiger partial charge in [-0.15, -0.1) is 11.6 Å². The van der Waals surface area contributed by atoms with Crippen LogP contribution in [0.2, 0.25) is 0 Å². The maximum atomic E-state index is 12.0. The summed E-state index contributed by atoms with van der Waals surface area (Å²) in [4.78, 5) is 13.8. The Labute approximate surface area is 100.0 Å². The number of likely N-dealkylation sites (tertiary alicyclic amines) is 1. The number of carbonyl (C=O) groups is 1. The van der Waals surface area contributed by atoms with Crippen molar-refractivity contribution in [1.29, 1.82) is 0 Å². The molecule has 1 atom stereocenters. The maximum Gasteiger partial charge on any atom is 0.253 e. The molecule has 0 saturated carbocycles. The fourth-order valence-corrected chi connectivity index (χ4v) is 2.08. The average molecular weight is 240 g/mol. The summed E-state index contributed by atoms with van der Waals surface area (Å²) in [6, 6.07) is 7.15. The Morgan fingerprint density at radius 1 is 1.44 bits per heavy atom. The number of hydrogen-bond acceptors (Lipinski definition) is 2. The number of rotatable bonds is 2. The van der Waals surface area contributed by atoms with Crippen molar-refractivity contribution in [1.82, 2.24) is 4.90 Å². The minimum absolute atomic E-state index is 0.0470. The van der Waals surface area contributed by atoms with Gasteiger partial charge in [-0.3, -0.25) is 4.79 Å². The monoisotopic (exact) mass is 239 g/mol. The van der Waals surface area contributed by atoms with Crippen LogP contribution in [-0.2, 0) is 0 Å². The van der Waals surface area contributed by atoms with Gasteiger partial charge in [0.25, 0.3) is 5.91 Å². The van der Waals surface area contributed by atoms with Crippen LogP contribution in [0, 0.1) is 0 Å². The Balaban J connectivity index is 2.08. The number of carbonyl (C=O) groups excluding carboxylic acids is 1. The van der Waals surface area contributed by atoms with Crippen LogP contribution in [0.25, 0.3) is 0 Å². The smallest absolute Gasteiger partial charge is 0.253 e. The third-order valence-electron chi connectivity index (χ3n) is 2.75. The molecule has 1 aliphatic rings. The van der Waals surface area contributed by atoms with Gasteiger partial charge in [-0.1, -0.05) is 0 Å². The van der Waals surface area contributed by atoms with Crippen LogP contribution < -0.4 is 4.74 Å². The van der Waals surface area contributed by atoms with Crippen molar-refractivity contribution in [3.63, 3.8) is 0 Å². The first-order chi connectivity index (χ1) is 7.70. The van der Waals surface area contributed by atoms with E-state index in [1.807, 2.05) is 0 Å². The van der Waals surface area contributed by atoms with Gasteiger partial charge in [0.1, 0.15) is 5.75 Å². The van der Waals surface area contributed by atoms with Crippen molar-refractivity contribution in [2.75, 3.05) is 20.2 Å². The lowest BCUT2D eigenvalue weighted by molar-refractivity contribution is 0.0793. The van der Waals surface area contributed by atoms with Crippen LogP contribution in [-0.4, -0.2) is 36.4 Å². The number of methoxy groups -OCH3 is 1. The van der Waals surface area contributed by atoms with E-state index in [1.54, 1.807) is 36.3 Å². The third kappa shape index (κ3) is 2.30. The molecule has 0 N–H and O–H groups in total. The second-order valence-corrected chi connectivity index (χ2v) is 4.48. The number of amides is 1. The van der Waals surface area contributed by atoms with E-state index in [-0.39, 0.29) is 11.3 Å². The summed E-state index contributed by atoms with van der Waals surface area (Å²) in [5.74, 6) is 0.805. The molecule has 1 heterocycles. The first-order valence-corrected chi connectivity index (χ1v) is 5.72. The van der Waals surface area contributed by atoms with E-state index >= 15 is 0 Å². The van der Waals surface area contributed by atoms with Gasteiger partial charge in [0.05, 0.1) is 12.5 Å². The van der Waals surface area contributed by atoms with Crippen molar-refractivity contribution in [3.8, 4) is 5.75 Å². The van der Waals surface area contributed by atoms with Crippen LogP contribution in [0.3, 0.4) is 0 Å². The summed E-state index contributed by atoms with van der Waals surface area (Å²) in [5, 5.41) is 0.0993. The van der Waals surface area contributed by atoms with E-state index in [2.05, 4.69) is 0 Å². The number of hydrogen-bond donors (Lipinski definition) is 0. The number of ether oxygens (including phenoxy) is 1. The molecular weight excluding hydrogens is 226 g/mol. The molecule has 16 heavy (non-hydrogen) atoms. The van der Waals surface area contributed by atoms with Crippen molar-refractivity contribution < 1.29 is 9.53 Å². The van der Waals surface area contributed by atoms with Gasteiger partial charge in [-0.25, -0.2) is 0 Å². The summed E-state index contributed by atoms with van der Waals surface area (Å²) < 4.78 is 5.05. The lowest BCUT2D eigenvalue weighted by Crippen LogP contribution is -2.28. The molecule has 4 heteroatoms. The van der Waals surface area contributed by atoms with E-state index < -0.39 is 0 Å². The molecule has 0 aromatic heterocycles. The SMILES string of the molecule is COc1ccc(C(=O)N2CCC(Cl)C2)cc1. The maximum absolute atomic E-state index is 12.0. The van der Waals surface area contributed by atoms with Crippen LogP contribution in [0.4, 0.5) is 0 Å². The predicted octanol–water partition coefficient (Wildman–Crippen LogP) is 2.15. The topological polar surface area (TPSA) is 29.5 Å². The highest BCUT2D eigenvalue weighted by Gasteiger charge is 2.25. The summed E-state index contributed by atoms with van der Waals surface area (Å²) in [6.45, 7) is 1.39. The molecule has 0 bridgehead atoms. The quantitative estimate of drug-likeness (QED) is 0.741. The minimum atomic E-state index is 0.0470. The van der Waals surface area contributed by atoms with Crippen molar-refractivity contribution >= 4 is 17.5 Å². The molecule has 1 amide bonds. The number of nitrogens with zero attached hydrogens (tertiary/aromatic N) is 1. The summed E-state index contributed by atoms with van der Waals surface area (Å²) in [5.41, 5.74) is 0.687. The Kier molecular flexibility index (Phi) is 3.34. The molecule has 1 aromatic rings. The second-order valence-electron chi connectivity index (χ2n) is 3.87. The number of benzene rings is 1. The Bertz CT molecular complexity index is 377. The van der Waals surface area contributed by atoms with E-state index in [0.29, 0.717) is 12.1 Å². The molecule has 3 nitrogen and oxygen atoms in total. The van der Waals surface area contributed by atoms with Crippen molar-refractivity contribution in [3.05, 3.63) is 29.8 Å². The van der Waals surface area contributed by atoms with E-state index in [0.717, 1.165) is 18.7 Å². The molecule has 86 valence electrons. The van der Waals surface area contributed by atoms with Gasteiger partial charge in [0, 0.05) is 18.7 Å². The Morgan fingerprint density at radius 2 is 2.12 bits per heavy atom. The zero-order chi connectivity index (χ0) is 11.5. The highest BCUT2D eigenvalue weighted by atomic mass is 35.5. The predicted molar refractivity (Wildman–Crippen MR) is 63.2 cm³/mol. The third-order valence-corrected chi connectivity index (χ3v) is 3.11. The largest absolute Gasteiger partial charge is 0.497 e. The molecule has 1 aliphatic heterocycles. The highest BCUT2D eigenvalue weighted by Crippen LogP contribution is 2.19. The Hall–Kier alpha value is -1.22. The van der Waals surface area contributed by atoms with E-state index in [9.17, 15) is 4.79 Å². The normalized spacial score (nSPS) is 19.9. The van der Waals surface area contributed by atoms with Crippen LogP contribution in [0.15, 0.2) is 24.3 Å². The standard InChI is InChI=1S/C12H14ClNO2/c1-16-11-4-2-9(3-5-11)12(15)14-7-6-10(13)8-14/h2-5,10H,6-8H2,1H3. The van der Waals surface area contributed by atoms with Gasteiger partial charge < -0.3 is 9.64 Å². The fraction of sp³-hybridized carbons (Fsp3) is 0.417. The van der Waals surface area contributed by atoms with Crippen molar-refractivity contribution in [2.24, 2.45) is 0 Å². The fourth-order valence-electron chi connectivity index (χ4n) is 1.82. The van der Waals surface area contributed by atoms with E-state index in [4.69, 9.17) is 16.3 Å². The van der Waals surface area contributed by atoms with E-state index in [1.165, 1.54) is 0 Å². The van der Waals surface area contributed by atoms with Gasteiger partial charge >= 0.3 is 0 Å². The highest BCUT2D eigenvalue weighted by molar-refractivity contribution is 6.21. The molecular formula is C12H14ClNO2. The van der Waals surface area contributed by atoms with Gasteiger partial charge in [-0.05, 0) is 30.7 Å². The zero-order valence-corrected chi connectivity index (χ0v) is 9.91. The Morgan fingerprint density at radius 3 is 2.62 bits per heavy atom. The lowest BCUT2D eigenvalue weighted by atomic mass is 10.2. The molecule has 0 radical (unpaired) electrons. The molecule has 0 aliphatic carbocycles. The van der Waals surface area contributed by atoms with Crippen LogP contribution in [0.5, 0.6) is 5.75 Å². The molecule has 1 unspecified atom stereocenters. The van der Waals surface area contributed by atoms with Crippen LogP contribution >= 0.6 is 11.6 Å². The van der Waals surface area contributed by atoms with Gasteiger partial charge in [-0.2, -0.15) is 0 Å². The molecule has 1 aromatic carbocycles. The average Bonchev–Trinajstić information content (AvgIpc) is 2.75. The van der Waals surface area contributed by atoms with Gasteiger partial charge in [0.2, 0.25) is 0 Å². The second kappa shape index (κ2) is 4.74.